The van der Waals surface area contributed by atoms with E-state index >= 15 is 0 Å². The number of rotatable bonds is 8. The maximum absolute atomic E-state index is 11.0. The van der Waals surface area contributed by atoms with Crippen LogP contribution in [0.15, 0.2) is 46.9 Å². The van der Waals surface area contributed by atoms with Crippen molar-refractivity contribution in [1.82, 2.24) is 10.2 Å². The molecule has 3 rings (SSSR count). The fourth-order valence-corrected chi connectivity index (χ4v) is 3.38. The summed E-state index contributed by atoms with van der Waals surface area (Å²) in [5.41, 5.74) is 0.752. The van der Waals surface area contributed by atoms with Gasteiger partial charge in [0.15, 0.2) is 0 Å². The van der Waals surface area contributed by atoms with Crippen LogP contribution in [0.3, 0.4) is 0 Å². The van der Waals surface area contributed by atoms with Crippen molar-refractivity contribution in [2.24, 2.45) is 0 Å². The van der Waals surface area contributed by atoms with E-state index in [1.807, 2.05) is 25.1 Å². The Balaban J connectivity index is 1.57. The Labute approximate surface area is 153 Å². The summed E-state index contributed by atoms with van der Waals surface area (Å²) in [6.45, 7) is 5.59. The Hall–Kier alpha value is -2.44. The Morgan fingerprint density at radius 2 is 2.04 bits per heavy atom. The lowest BCUT2D eigenvalue weighted by molar-refractivity contribution is -0.385. The van der Waals surface area contributed by atoms with Gasteiger partial charge in [-0.1, -0.05) is 24.3 Å². The average molecular weight is 355 g/mol. The van der Waals surface area contributed by atoms with Crippen LogP contribution in [0.5, 0.6) is 0 Å². The Bertz CT molecular complexity index is 763. The van der Waals surface area contributed by atoms with Crippen molar-refractivity contribution in [3.8, 4) is 0 Å². The number of aryl methyl sites for hydroxylation is 1. The second-order valence-corrected chi connectivity index (χ2v) is 6.58. The highest BCUT2D eigenvalue weighted by Crippen LogP contribution is 2.26. The highest BCUT2D eigenvalue weighted by atomic mass is 16.6. The SMILES string of the molecule is Cc1ccc(C(CNC/C=C/c2ccccc2[N+](=O)[O-])N2CCCC2)o1. The van der Waals surface area contributed by atoms with Crippen molar-refractivity contribution < 1.29 is 9.34 Å². The molecule has 1 aliphatic rings. The van der Waals surface area contributed by atoms with Gasteiger partial charge in [0, 0.05) is 19.2 Å². The third-order valence-electron chi connectivity index (χ3n) is 4.70. The zero-order chi connectivity index (χ0) is 18.4. The van der Waals surface area contributed by atoms with Gasteiger partial charge in [-0.2, -0.15) is 0 Å². The topological polar surface area (TPSA) is 71.6 Å². The summed E-state index contributed by atoms with van der Waals surface area (Å²) in [6.07, 6.45) is 6.19. The second kappa shape index (κ2) is 8.78. The second-order valence-electron chi connectivity index (χ2n) is 6.58. The molecule has 0 saturated carbocycles. The maximum atomic E-state index is 11.0. The van der Waals surface area contributed by atoms with Crippen LogP contribution < -0.4 is 5.32 Å². The first-order chi connectivity index (χ1) is 12.6. The van der Waals surface area contributed by atoms with Gasteiger partial charge in [0.05, 0.1) is 16.5 Å². The van der Waals surface area contributed by atoms with E-state index in [0.717, 1.165) is 31.2 Å². The quantitative estimate of drug-likeness (QED) is 0.441. The fourth-order valence-electron chi connectivity index (χ4n) is 3.38. The number of nitro benzene ring substituents is 1. The number of nitrogens with zero attached hydrogens (tertiary/aromatic N) is 2. The molecular formula is C20H25N3O3. The van der Waals surface area contributed by atoms with Crippen LogP contribution >= 0.6 is 0 Å². The van der Waals surface area contributed by atoms with Crippen molar-refractivity contribution >= 4 is 11.8 Å². The first-order valence-corrected chi connectivity index (χ1v) is 9.06. The van der Waals surface area contributed by atoms with Gasteiger partial charge in [-0.15, -0.1) is 0 Å². The molecule has 138 valence electrons. The standard InChI is InChI=1S/C20H25N3O3/c1-16-10-11-20(26-16)19(22-13-4-5-14-22)15-21-12-6-8-17-7-2-3-9-18(17)23(24)25/h2-3,6-11,19,21H,4-5,12-15H2,1H3/b8-6+. The number of hydrogen-bond donors (Lipinski definition) is 1. The molecule has 0 spiro atoms. The number of benzene rings is 1. The first-order valence-electron chi connectivity index (χ1n) is 9.06. The van der Waals surface area contributed by atoms with Crippen LogP contribution in [0, 0.1) is 17.0 Å². The van der Waals surface area contributed by atoms with E-state index in [2.05, 4.69) is 16.3 Å². The van der Waals surface area contributed by atoms with Crippen LogP contribution in [0.4, 0.5) is 5.69 Å². The Morgan fingerprint density at radius 1 is 1.27 bits per heavy atom. The number of nitro groups is 1. The monoisotopic (exact) mass is 355 g/mol. The summed E-state index contributed by atoms with van der Waals surface area (Å²) < 4.78 is 5.85. The molecule has 0 bridgehead atoms. The van der Waals surface area contributed by atoms with Gasteiger partial charge in [0.2, 0.25) is 0 Å². The molecule has 6 heteroatoms. The van der Waals surface area contributed by atoms with Crippen LogP contribution in [0.25, 0.3) is 6.08 Å². The third-order valence-corrected chi connectivity index (χ3v) is 4.70. The van der Waals surface area contributed by atoms with Crippen LogP contribution in [-0.2, 0) is 0 Å². The summed E-state index contributed by atoms with van der Waals surface area (Å²) in [7, 11) is 0. The molecule has 26 heavy (non-hydrogen) atoms. The number of likely N-dealkylation sites (tertiary alicyclic amines) is 1. The van der Waals surface area contributed by atoms with Gasteiger partial charge in [-0.05, 0) is 51.1 Å². The van der Waals surface area contributed by atoms with E-state index in [1.165, 1.54) is 18.9 Å². The predicted octanol–water partition coefficient (Wildman–Crippen LogP) is 3.94. The molecule has 1 saturated heterocycles. The fraction of sp³-hybridized carbons (Fsp3) is 0.400. The molecule has 1 aromatic carbocycles. The molecule has 0 amide bonds. The zero-order valence-electron chi connectivity index (χ0n) is 15.1. The Kier molecular flexibility index (Phi) is 6.20. The van der Waals surface area contributed by atoms with Crippen LogP contribution in [-0.4, -0.2) is 36.0 Å². The lowest BCUT2D eigenvalue weighted by Gasteiger charge is -2.26. The van der Waals surface area contributed by atoms with E-state index in [-0.39, 0.29) is 16.7 Å². The minimum Gasteiger partial charge on any atom is -0.465 e. The normalized spacial score (nSPS) is 16.3. The van der Waals surface area contributed by atoms with Crippen molar-refractivity contribution in [3.63, 3.8) is 0 Å². The van der Waals surface area contributed by atoms with Gasteiger partial charge in [-0.3, -0.25) is 15.0 Å². The van der Waals surface area contributed by atoms with Gasteiger partial charge in [0.1, 0.15) is 11.5 Å². The molecule has 2 heterocycles. The van der Waals surface area contributed by atoms with Gasteiger partial charge >= 0.3 is 0 Å². The highest BCUT2D eigenvalue weighted by molar-refractivity contribution is 5.60. The van der Waals surface area contributed by atoms with Crippen LogP contribution in [0.2, 0.25) is 0 Å². The van der Waals surface area contributed by atoms with E-state index < -0.39 is 0 Å². The molecule has 1 N–H and O–H groups in total. The molecule has 0 aliphatic carbocycles. The third kappa shape index (κ3) is 4.59. The molecule has 2 aromatic rings. The van der Waals surface area contributed by atoms with Crippen molar-refractivity contribution in [3.05, 3.63) is 69.7 Å². The Morgan fingerprint density at radius 3 is 2.73 bits per heavy atom. The van der Waals surface area contributed by atoms with Gasteiger partial charge in [0.25, 0.3) is 5.69 Å². The maximum Gasteiger partial charge on any atom is 0.276 e. The predicted molar refractivity (Wildman–Crippen MR) is 102 cm³/mol. The summed E-state index contributed by atoms with van der Waals surface area (Å²) in [5.74, 6) is 1.93. The largest absolute Gasteiger partial charge is 0.465 e. The number of para-hydroxylation sites is 1. The van der Waals surface area contributed by atoms with Gasteiger partial charge < -0.3 is 9.73 Å². The minimum absolute atomic E-state index is 0.129. The minimum atomic E-state index is -0.351. The number of hydrogen-bond acceptors (Lipinski definition) is 5. The lowest BCUT2D eigenvalue weighted by Crippen LogP contribution is -2.34. The molecule has 1 aromatic heterocycles. The van der Waals surface area contributed by atoms with E-state index in [0.29, 0.717) is 12.1 Å². The highest BCUT2D eigenvalue weighted by Gasteiger charge is 2.25. The van der Waals surface area contributed by atoms with E-state index in [9.17, 15) is 10.1 Å². The molecular weight excluding hydrogens is 330 g/mol. The van der Waals surface area contributed by atoms with Crippen LogP contribution in [0.1, 0.15) is 36.0 Å². The van der Waals surface area contributed by atoms with Crippen molar-refractivity contribution in [1.29, 1.82) is 0 Å². The summed E-state index contributed by atoms with van der Waals surface area (Å²) in [6, 6.07) is 11.1. The molecule has 1 atom stereocenters. The molecule has 1 aliphatic heterocycles. The first kappa shape index (κ1) is 18.4. The summed E-state index contributed by atoms with van der Waals surface area (Å²) >= 11 is 0. The average Bonchev–Trinajstić information content (AvgIpc) is 3.30. The summed E-state index contributed by atoms with van der Waals surface area (Å²) in [4.78, 5) is 13.1. The molecule has 0 radical (unpaired) electrons. The zero-order valence-corrected chi connectivity index (χ0v) is 15.1. The molecule has 6 nitrogen and oxygen atoms in total. The molecule has 1 unspecified atom stereocenters. The number of nitrogens with one attached hydrogen (secondary N) is 1. The summed E-state index contributed by atoms with van der Waals surface area (Å²) in [5, 5.41) is 14.5. The van der Waals surface area contributed by atoms with E-state index in [1.54, 1.807) is 18.2 Å². The van der Waals surface area contributed by atoms with Crippen molar-refractivity contribution in [2.75, 3.05) is 26.2 Å². The lowest BCUT2D eigenvalue weighted by atomic mass is 10.1. The molecule has 1 fully saturated rings. The van der Waals surface area contributed by atoms with Crippen molar-refractivity contribution in [2.45, 2.75) is 25.8 Å². The van der Waals surface area contributed by atoms with Gasteiger partial charge in [-0.25, -0.2) is 0 Å². The van der Waals surface area contributed by atoms with E-state index in [4.69, 9.17) is 4.42 Å². The smallest absolute Gasteiger partial charge is 0.276 e. The number of furan rings is 1.